The van der Waals surface area contributed by atoms with Crippen molar-refractivity contribution in [3.8, 4) is 5.69 Å². The number of para-hydroxylation sites is 3. The lowest BCUT2D eigenvalue weighted by Gasteiger charge is -2.15. The standard InChI is InChI=1S/C24H16Br2N2/c25-16-10-12-22-19(14-16)20-15-17(26)11-13-23(20)28(22)24-9-5-4-8-21(24)27-18-6-2-1-3-7-18/h1-15,27H. The van der Waals surface area contributed by atoms with Crippen LogP contribution in [0.5, 0.6) is 0 Å². The summed E-state index contributed by atoms with van der Waals surface area (Å²) in [7, 11) is 0. The maximum atomic E-state index is 3.63. The summed E-state index contributed by atoms with van der Waals surface area (Å²) in [4.78, 5) is 0. The van der Waals surface area contributed by atoms with Crippen molar-refractivity contribution < 1.29 is 0 Å². The summed E-state index contributed by atoms with van der Waals surface area (Å²) in [6.45, 7) is 0. The van der Waals surface area contributed by atoms with E-state index in [0.29, 0.717) is 0 Å². The molecule has 0 spiro atoms. The minimum atomic E-state index is 1.07. The predicted octanol–water partition coefficient (Wildman–Crippen LogP) is 8.05. The quantitative estimate of drug-likeness (QED) is 0.270. The Hall–Kier alpha value is -2.56. The lowest BCUT2D eigenvalue weighted by atomic mass is 10.2. The van der Waals surface area contributed by atoms with E-state index in [4.69, 9.17) is 0 Å². The maximum Gasteiger partial charge on any atom is 0.0697 e. The van der Waals surface area contributed by atoms with E-state index >= 15 is 0 Å². The molecule has 0 amide bonds. The van der Waals surface area contributed by atoms with E-state index in [1.165, 1.54) is 21.8 Å². The van der Waals surface area contributed by atoms with Crippen LogP contribution in [0, 0.1) is 0 Å². The van der Waals surface area contributed by atoms with Crippen molar-refractivity contribution in [2.75, 3.05) is 5.32 Å². The number of anilines is 2. The molecule has 4 aromatic carbocycles. The molecular formula is C24H16Br2N2. The van der Waals surface area contributed by atoms with Crippen molar-refractivity contribution in [2.24, 2.45) is 0 Å². The highest BCUT2D eigenvalue weighted by molar-refractivity contribution is 9.10. The Labute approximate surface area is 180 Å². The van der Waals surface area contributed by atoms with Gasteiger partial charge in [-0.05, 0) is 60.7 Å². The first-order valence-electron chi connectivity index (χ1n) is 9.01. The molecule has 0 radical (unpaired) electrons. The Morgan fingerprint density at radius 1 is 0.607 bits per heavy atom. The number of aromatic nitrogens is 1. The van der Waals surface area contributed by atoms with E-state index in [1.54, 1.807) is 0 Å². The van der Waals surface area contributed by atoms with Gasteiger partial charge in [0.15, 0.2) is 0 Å². The fraction of sp³-hybridized carbons (Fsp3) is 0. The molecule has 28 heavy (non-hydrogen) atoms. The maximum absolute atomic E-state index is 3.63. The Morgan fingerprint density at radius 3 is 1.82 bits per heavy atom. The van der Waals surface area contributed by atoms with Crippen LogP contribution in [-0.2, 0) is 0 Å². The van der Waals surface area contributed by atoms with Crippen LogP contribution in [0.25, 0.3) is 27.5 Å². The summed E-state index contributed by atoms with van der Waals surface area (Å²) in [6, 6.07) is 31.6. The van der Waals surface area contributed by atoms with Gasteiger partial charge in [0.25, 0.3) is 0 Å². The lowest BCUT2D eigenvalue weighted by Crippen LogP contribution is -2.00. The number of rotatable bonds is 3. The summed E-state index contributed by atoms with van der Waals surface area (Å²) >= 11 is 7.26. The Morgan fingerprint density at radius 2 is 1.18 bits per heavy atom. The molecule has 0 aliphatic carbocycles. The van der Waals surface area contributed by atoms with Gasteiger partial charge in [-0.1, -0.05) is 62.2 Å². The van der Waals surface area contributed by atoms with Gasteiger partial charge in [0.1, 0.15) is 0 Å². The molecule has 0 aliphatic heterocycles. The second kappa shape index (κ2) is 7.12. The summed E-state index contributed by atoms with van der Waals surface area (Å²) in [5.41, 5.74) is 5.62. The Bertz CT molecular complexity index is 1250. The van der Waals surface area contributed by atoms with Crippen molar-refractivity contribution in [3.05, 3.63) is 99.9 Å². The molecule has 5 aromatic rings. The van der Waals surface area contributed by atoms with Gasteiger partial charge in [-0.25, -0.2) is 0 Å². The molecule has 0 unspecified atom stereocenters. The minimum absolute atomic E-state index is 1.07. The minimum Gasteiger partial charge on any atom is -0.354 e. The van der Waals surface area contributed by atoms with E-state index < -0.39 is 0 Å². The molecule has 0 saturated carbocycles. The van der Waals surface area contributed by atoms with Gasteiger partial charge in [-0.2, -0.15) is 0 Å². The fourth-order valence-electron chi connectivity index (χ4n) is 3.68. The smallest absolute Gasteiger partial charge is 0.0697 e. The molecule has 0 saturated heterocycles. The normalized spacial score (nSPS) is 11.2. The number of nitrogens with zero attached hydrogens (tertiary/aromatic N) is 1. The zero-order valence-electron chi connectivity index (χ0n) is 14.9. The number of fused-ring (bicyclic) bond motifs is 3. The fourth-order valence-corrected chi connectivity index (χ4v) is 4.40. The third-order valence-corrected chi connectivity index (χ3v) is 5.87. The highest BCUT2D eigenvalue weighted by atomic mass is 79.9. The van der Waals surface area contributed by atoms with Crippen LogP contribution in [0.15, 0.2) is 99.9 Å². The third-order valence-electron chi connectivity index (χ3n) is 4.89. The molecule has 0 bridgehead atoms. The molecule has 1 aromatic heterocycles. The van der Waals surface area contributed by atoms with Gasteiger partial charge in [0.2, 0.25) is 0 Å². The molecule has 4 heteroatoms. The van der Waals surface area contributed by atoms with E-state index in [9.17, 15) is 0 Å². The summed E-state index contributed by atoms with van der Waals surface area (Å²) in [5.74, 6) is 0. The first kappa shape index (κ1) is 17.5. The van der Waals surface area contributed by atoms with Crippen molar-refractivity contribution >= 4 is 65.0 Å². The van der Waals surface area contributed by atoms with E-state index in [0.717, 1.165) is 26.0 Å². The van der Waals surface area contributed by atoms with Crippen molar-refractivity contribution in [2.45, 2.75) is 0 Å². The van der Waals surface area contributed by atoms with Gasteiger partial charge in [0, 0.05) is 25.4 Å². The molecule has 136 valence electrons. The van der Waals surface area contributed by atoms with Gasteiger partial charge >= 0.3 is 0 Å². The summed E-state index contributed by atoms with van der Waals surface area (Å²) in [6.07, 6.45) is 0. The number of nitrogens with one attached hydrogen (secondary N) is 1. The van der Waals surface area contributed by atoms with Crippen LogP contribution in [0.4, 0.5) is 11.4 Å². The molecule has 0 fully saturated rings. The largest absolute Gasteiger partial charge is 0.354 e. The van der Waals surface area contributed by atoms with Gasteiger partial charge in [0.05, 0.1) is 22.4 Å². The molecule has 0 aliphatic rings. The van der Waals surface area contributed by atoms with Crippen molar-refractivity contribution in [1.82, 2.24) is 4.57 Å². The summed E-state index contributed by atoms with van der Waals surface area (Å²) < 4.78 is 4.49. The number of hydrogen-bond donors (Lipinski definition) is 1. The first-order valence-corrected chi connectivity index (χ1v) is 10.6. The molecular weight excluding hydrogens is 476 g/mol. The van der Waals surface area contributed by atoms with Gasteiger partial charge in [-0.15, -0.1) is 0 Å². The van der Waals surface area contributed by atoms with E-state index in [2.05, 4.69) is 115 Å². The van der Waals surface area contributed by atoms with Crippen LogP contribution in [-0.4, -0.2) is 4.57 Å². The molecule has 2 nitrogen and oxygen atoms in total. The van der Waals surface area contributed by atoms with Crippen LogP contribution < -0.4 is 5.32 Å². The van der Waals surface area contributed by atoms with Gasteiger partial charge in [-0.3, -0.25) is 0 Å². The zero-order valence-corrected chi connectivity index (χ0v) is 18.0. The summed E-state index contributed by atoms with van der Waals surface area (Å²) in [5, 5.41) is 6.02. The average molecular weight is 492 g/mol. The Balaban J connectivity index is 1.80. The average Bonchev–Trinajstić information content (AvgIpc) is 3.02. The van der Waals surface area contributed by atoms with E-state index in [1.807, 2.05) is 18.2 Å². The topological polar surface area (TPSA) is 17.0 Å². The highest BCUT2D eigenvalue weighted by Gasteiger charge is 2.15. The zero-order chi connectivity index (χ0) is 19.1. The molecule has 1 N–H and O–H groups in total. The monoisotopic (exact) mass is 490 g/mol. The molecule has 1 heterocycles. The number of halogens is 2. The number of hydrogen-bond acceptors (Lipinski definition) is 1. The second-order valence-electron chi connectivity index (χ2n) is 6.67. The first-order chi connectivity index (χ1) is 13.7. The van der Waals surface area contributed by atoms with Gasteiger partial charge < -0.3 is 9.88 Å². The predicted molar refractivity (Wildman–Crippen MR) is 126 cm³/mol. The lowest BCUT2D eigenvalue weighted by molar-refractivity contribution is 1.18. The van der Waals surface area contributed by atoms with E-state index in [-0.39, 0.29) is 0 Å². The highest BCUT2D eigenvalue weighted by Crippen LogP contribution is 2.37. The third kappa shape index (κ3) is 3.03. The molecule has 5 rings (SSSR count). The van der Waals surface area contributed by atoms with Crippen molar-refractivity contribution in [3.63, 3.8) is 0 Å². The Kier molecular flexibility index (Phi) is 4.46. The van der Waals surface area contributed by atoms with Crippen LogP contribution in [0.3, 0.4) is 0 Å². The second-order valence-corrected chi connectivity index (χ2v) is 8.50. The van der Waals surface area contributed by atoms with Crippen LogP contribution in [0.1, 0.15) is 0 Å². The van der Waals surface area contributed by atoms with Crippen LogP contribution >= 0.6 is 31.9 Å². The SMILES string of the molecule is Brc1ccc2c(c1)c1cc(Br)ccc1n2-c1ccccc1Nc1ccccc1. The van der Waals surface area contributed by atoms with Crippen molar-refractivity contribution in [1.29, 1.82) is 0 Å². The molecule has 0 atom stereocenters. The van der Waals surface area contributed by atoms with Crippen LogP contribution in [0.2, 0.25) is 0 Å². The number of benzene rings is 4.